The Hall–Kier alpha value is -2.31. The van der Waals surface area contributed by atoms with Crippen LogP contribution in [0.2, 0.25) is 5.15 Å². The third kappa shape index (κ3) is 3.61. The van der Waals surface area contributed by atoms with Crippen LogP contribution in [0.1, 0.15) is 25.7 Å². The fourth-order valence-electron chi connectivity index (χ4n) is 3.14. The van der Waals surface area contributed by atoms with Crippen molar-refractivity contribution >= 4 is 50.5 Å². The zero-order valence-electron chi connectivity index (χ0n) is 13.9. The first-order valence-corrected chi connectivity index (χ1v) is 9.62. The molecule has 2 aromatic heterocycles. The van der Waals surface area contributed by atoms with Gasteiger partial charge in [-0.1, -0.05) is 35.1 Å². The summed E-state index contributed by atoms with van der Waals surface area (Å²) in [5.41, 5.74) is 1.01. The zero-order valence-corrected chi connectivity index (χ0v) is 15.4. The molecule has 4 rings (SSSR count). The Morgan fingerprint density at radius 3 is 2.73 bits per heavy atom. The molecule has 1 aromatic carbocycles. The van der Waals surface area contributed by atoms with E-state index in [1.165, 1.54) is 11.3 Å². The molecule has 7 heteroatoms. The highest BCUT2D eigenvalue weighted by molar-refractivity contribution is 7.19. The molecule has 0 atom stereocenters. The summed E-state index contributed by atoms with van der Waals surface area (Å²) in [5, 5.41) is 5.95. The highest BCUT2D eigenvalue weighted by Gasteiger charge is 2.25. The highest BCUT2D eigenvalue weighted by atomic mass is 35.5. The van der Waals surface area contributed by atoms with Crippen LogP contribution in [0.4, 0.5) is 5.13 Å². The van der Waals surface area contributed by atoms with Gasteiger partial charge in [0, 0.05) is 36.5 Å². The first kappa shape index (κ1) is 17.1. The summed E-state index contributed by atoms with van der Waals surface area (Å²) >= 11 is 7.40. The molecule has 1 aliphatic rings. The number of anilines is 1. The van der Waals surface area contributed by atoms with Crippen molar-refractivity contribution < 1.29 is 9.59 Å². The summed E-state index contributed by atoms with van der Waals surface area (Å²) in [6, 6.07) is 7.86. The van der Waals surface area contributed by atoms with Gasteiger partial charge >= 0.3 is 0 Å². The number of hydrogen-bond donors (Lipinski definition) is 1. The Kier molecular flexibility index (Phi) is 4.70. The van der Waals surface area contributed by atoms with Crippen molar-refractivity contribution in [1.82, 2.24) is 9.97 Å². The number of pyridine rings is 1. The SMILES string of the molecule is O=C1CCC(C(=O)Nc2ncc(-c3ccc4cnc(Cl)cc4c3)s2)CC1. The predicted molar refractivity (Wildman–Crippen MR) is 103 cm³/mol. The molecular formula is C19H16ClN3O2S. The predicted octanol–water partition coefficient (Wildman–Crippen LogP) is 4.71. The number of thiazole rings is 1. The lowest BCUT2D eigenvalue weighted by Crippen LogP contribution is -2.27. The lowest BCUT2D eigenvalue weighted by molar-refractivity contribution is -0.125. The molecule has 0 bridgehead atoms. The Morgan fingerprint density at radius 1 is 1.12 bits per heavy atom. The first-order chi connectivity index (χ1) is 12.6. The van der Waals surface area contributed by atoms with Crippen molar-refractivity contribution in [2.45, 2.75) is 25.7 Å². The summed E-state index contributed by atoms with van der Waals surface area (Å²) < 4.78 is 0. The number of ketones is 1. The van der Waals surface area contributed by atoms with Crippen molar-refractivity contribution in [3.8, 4) is 10.4 Å². The third-order valence-electron chi connectivity index (χ3n) is 4.62. The van der Waals surface area contributed by atoms with Crippen LogP contribution in [0.25, 0.3) is 21.2 Å². The number of amides is 1. The summed E-state index contributed by atoms with van der Waals surface area (Å²) in [6.07, 6.45) is 5.75. The number of aromatic nitrogens is 2. The minimum atomic E-state index is -0.102. The smallest absolute Gasteiger partial charge is 0.229 e. The van der Waals surface area contributed by atoms with E-state index in [1.807, 2.05) is 24.3 Å². The van der Waals surface area contributed by atoms with E-state index in [0.717, 1.165) is 21.2 Å². The number of Topliss-reactive ketones (excluding diaryl/α,β-unsaturated/α-hetero) is 1. The number of carbonyl (C=O) groups is 2. The minimum absolute atomic E-state index is 0.0465. The second-order valence-electron chi connectivity index (χ2n) is 6.40. The number of halogens is 1. The van der Waals surface area contributed by atoms with E-state index < -0.39 is 0 Å². The van der Waals surface area contributed by atoms with Crippen molar-refractivity contribution in [1.29, 1.82) is 0 Å². The Balaban J connectivity index is 1.51. The van der Waals surface area contributed by atoms with Crippen LogP contribution in [0, 0.1) is 5.92 Å². The van der Waals surface area contributed by atoms with E-state index >= 15 is 0 Å². The lowest BCUT2D eigenvalue weighted by atomic mass is 9.88. The molecule has 0 radical (unpaired) electrons. The molecule has 2 heterocycles. The molecule has 132 valence electrons. The molecule has 1 saturated carbocycles. The average molecular weight is 386 g/mol. The first-order valence-electron chi connectivity index (χ1n) is 8.42. The Labute approximate surface area is 159 Å². The fourth-order valence-corrected chi connectivity index (χ4v) is 4.12. The third-order valence-corrected chi connectivity index (χ3v) is 5.79. The highest BCUT2D eigenvalue weighted by Crippen LogP contribution is 2.32. The minimum Gasteiger partial charge on any atom is -0.302 e. The Bertz CT molecular complexity index is 991. The van der Waals surface area contributed by atoms with Gasteiger partial charge in [-0.15, -0.1) is 0 Å². The molecule has 1 amide bonds. The number of hydrogen-bond acceptors (Lipinski definition) is 5. The van der Waals surface area contributed by atoms with Crippen LogP contribution in [0.5, 0.6) is 0 Å². The molecule has 0 aliphatic heterocycles. The molecule has 3 aromatic rings. The quantitative estimate of drug-likeness (QED) is 0.663. The van der Waals surface area contributed by atoms with Gasteiger partial charge in [0.25, 0.3) is 0 Å². The number of fused-ring (bicyclic) bond motifs is 1. The summed E-state index contributed by atoms with van der Waals surface area (Å²) in [7, 11) is 0. The number of rotatable bonds is 3. The van der Waals surface area contributed by atoms with Gasteiger partial charge in [-0.05, 0) is 35.9 Å². The van der Waals surface area contributed by atoms with Crippen LogP contribution >= 0.6 is 22.9 Å². The van der Waals surface area contributed by atoms with Gasteiger partial charge in [0.05, 0.1) is 4.88 Å². The van der Waals surface area contributed by atoms with E-state index in [9.17, 15) is 9.59 Å². The number of nitrogens with zero attached hydrogens (tertiary/aromatic N) is 2. The lowest BCUT2D eigenvalue weighted by Gasteiger charge is -2.19. The van der Waals surface area contributed by atoms with E-state index in [1.54, 1.807) is 12.4 Å². The van der Waals surface area contributed by atoms with Crippen LogP contribution in [0.15, 0.2) is 36.7 Å². The van der Waals surface area contributed by atoms with Crippen LogP contribution < -0.4 is 5.32 Å². The second kappa shape index (κ2) is 7.13. The molecular weight excluding hydrogens is 370 g/mol. The van der Waals surface area contributed by atoms with Crippen LogP contribution in [-0.4, -0.2) is 21.7 Å². The van der Waals surface area contributed by atoms with Gasteiger partial charge in [-0.2, -0.15) is 0 Å². The largest absolute Gasteiger partial charge is 0.302 e. The number of carbonyl (C=O) groups excluding carboxylic acids is 2. The van der Waals surface area contributed by atoms with Gasteiger partial charge in [0.15, 0.2) is 5.13 Å². The van der Waals surface area contributed by atoms with Crippen molar-refractivity contribution in [2.75, 3.05) is 5.32 Å². The molecule has 0 unspecified atom stereocenters. The van der Waals surface area contributed by atoms with Crippen molar-refractivity contribution in [2.24, 2.45) is 5.92 Å². The fraction of sp³-hybridized carbons (Fsp3) is 0.263. The number of nitrogens with one attached hydrogen (secondary N) is 1. The van der Waals surface area contributed by atoms with E-state index in [2.05, 4.69) is 15.3 Å². The zero-order chi connectivity index (χ0) is 18.1. The van der Waals surface area contributed by atoms with Crippen LogP contribution in [0.3, 0.4) is 0 Å². The van der Waals surface area contributed by atoms with Crippen molar-refractivity contribution in [3.05, 3.63) is 41.8 Å². The Morgan fingerprint density at radius 2 is 1.92 bits per heavy atom. The molecule has 0 spiro atoms. The maximum atomic E-state index is 12.4. The molecule has 1 N–H and O–H groups in total. The standard InChI is InChI=1S/C19H16ClN3O2S/c20-17-8-14-7-12(1-2-13(14)9-21-17)16-10-22-19(26-16)23-18(25)11-3-5-15(24)6-4-11/h1-2,7-11H,3-6H2,(H,22,23,25). The van der Waals surface area contributed by atoms with Crippen molar-refractivity contribution in [3.63, 3.8) is 0 Å². The van der Waals surface area contributed by atoms with Gasteiger partial charge < -0.3 is 5.32 Å². The van der Waals surface area contributed by atoms with Gasteiger partial charge in [-0.25, -0.2) is 9.97 Å². The monoisotopic (exact) mass is 385 g/mol. The molecule has 5 nitrogen and oxygen atoms in total. The van der Waals surface area contributed by atoms with Crippen LogP contribution in [-0.2, 0) is 9.59 Å². The maximum absolute atomic E-state index is 12.4. The van der Waals surface area contributed by atoms with E-state index in [0.29, 0.717) is 36.0 Å². The summed E-state index contributed by atoms with van der Waals surface area (Å²) in [5.74, 6) is 0.0994. The van der Waals surface area contributed by atoms with Gasteiger partial charge in [-0.3, -0.25) is 9.59 Å². The van der Waals surface area contributed by atoms with Gasteiger partial charge in [0.2, 0.25) is 5.91 Å². The normalized spacial score (nSPS) is 15.3. The van der Waals surface area contributed by atoms with E-state index in [-0.39, 0.29) is 17.6 Å². The number of benzene rings is 1. The molecule has 26 heavy (non-hydrogen) atoms. The summed E-state index contributed by atoms with van der Waals surface area (Å²) in [6.45, 7) is 0. The van der Waals surface area contributed by atoms with E-state index in [4.69, 9.17) is 11.6 Å². The summed E-state index contributed by atoms with van der Waals surface area (Å²) in [4.78, 5) is 33.0. The topological polar surface area (TPSA) is 72.0 Å². The molecule has 1 aliphatic carbocycles. The second-order valence-corrected chi connectivity index (χ2v) is 7.82. The molecule has 1 fully saturated rings. The average Bonchev–Trinajstić information content (AvgIpc) is 3.10. The maximum Gasteiger partial charge on any atom is 0.229 e. The van der Waals surface area contributed by atoms with Gasteiger partial charge in [0.1, 0.15) is 10.9 Å². The molecule has 0 saturated heterocycles.